The van der Waals surface area contributed by atoms with Crippen LogP contribution in [0.25, 0.3) is 22.3 Å². The van der Waals surface area contributed by atoms with Crippen LogP contribution >= 0.6 is 22.9 Å². The summed E-state index contributed by atoms with van der Waals surface area (Å²) in [5, 5.41) is 4.35. The second-order valence-electron chi connectivity index (χ2n) is 16.6. The summed E-state index contributed by atoms with van der Waals surface area (Å²) in [5.74, 6) is -0.824. The molecular formula is C54H69ClF4N4O15S2. The number of hydrogen-bond acceptors (Lipinski definition) is 18. The van der Waals surface area contributed by atoms with Crippen molar-refractivity contribution in [1.82, 2.24) is 15.3 Å². The van der Waals surface area contributed by atoms with Crippen LogP contribution in [0.1, 0.15) is 17.7 Å². The van der Waals surface area contributed by atoms with Gasteiger partial charge in [-0.1, -0.05) is 29.8 Å². The van der Waals surface area contributed by atoms with Crippen LogP contribution in [0, 0.1) is 5.82 Å². The molecule has 19 nitrogen and oxygen atoms in total. The fraction of sp³-hybridized carbons (Fsp3) is 0.500. The van der Waals surface area contributed by atoms with E-state index in [9.17, 15) is 22.2 Å². The molecule has 26 heteroatoms. The highest BCUT2D eigenvalue weighted by atomic mass is 35.5. The first-order valence-electron chi connectivity index (χ1n) is 25.6. The van der Waals surface area contributed by atoms with E-state index in [0.717, 1.165) is 18.2 Å². The lowest BCUT2D eigenvalue weighted by Gasteiger charge is -2.16. The molecule has 0 saturated heterocycles. The van der Waals surface area contributed by atoms with Gasteiger partial charge in [-0.25, -0.2) is 13.6 Å². The molecule has 80 heavy (non-hydrogen) atoms. The number of alkyl halides is 3. The summed E-state index contributed by atoms with van der Waals surface area (Å²) in [6, 6.07) is 15.1. The van der Waals surface area contributed by atoms with Crippen LogP contribution in [-0.4, -0.2) is 179 Å². The van der Waals surface area contributed by atoms with Crippen molar-refractivity contribution < 1.29 is 88.1 Å². The number of halogens is 5. The summed E-state index contributed by atoms with van der Waals surface area (Å²) in [7, 11) is -0.411. The molecule has 3 aromatic carbocycles. The highest BCUT2D eigenvalue weighted by Crippen LogP contribution is 2.41. The van der Waals surface area contributed by atoms with Gasteiger partial charge < -0.3 is 66.9 Å². The van der Waals surface area contributed by atoms with Crippen LogP contribution in [0.3, 0.4) is 0 Å². The lowest BCUT2D eigenvalue weighted by Crippen LogP contribution is -2.24. The van der Waals surface area contributed by atoms with Crippen LogP contribution in [-0.2, 0) is 85.3 Å². The summed E-state index contributed by atoms with van der Waals surface area (Å²) in [5.41, 5.74) is 2.76. The molecule has 442 valence electrons. The van der Waals surface area contributed by atoms with Gasteiger partial charge in [-0.05, 0) is 59.2 Å². The van der Waals surface area contributed by atoms with Gasteiger partial charge >= 0.3 is 6.18 Å². The first-order chi connectivity index (χ1) is 39.0. The second-order valence-corrected chi connectivity index (χ2v) is 18.9. The number of nitrogens with one attached hydrogen (secondary N) is 2. The van der Waals surface area contributed by atoms with Crippen LogP contribution in [0.5, 0.6) is 11.5 Å². The standard InChI is InChI=1S/C54H69ClF4N4O15S2/c1-66-11-12-68-15-16-70-19-20-72-23-24-74-27-28-76-31-32-77-30-29-75-26-25-73-22-21-71-18-17-69-14-13-67-10-8-53(64)61-38-45-34-43(7-9-60-45)46-35-42(41-3-2-4-44(33-41)54(57,58)59)5-6-49(46)78-50-37-48(56)51(36-47(50)55)80(65)63-52-39-79-40-62-52/h2-7,9,33-37,39-40,63H,8,10-32,38H2,1H3,(H,61,64). The van der Waals surface area contributed by atoms with Gasteiger partial charge in [0.15, 0.2) is 11.0 Å². The van der Waals surface area contributed by atoms with Crippen molar-refractivity contribution in [3.63, 3.8) is 0 Å². The SMILES string of the molecule is COCCOCCOCCOCCOCCOCCOCCOCCOCCOCCOCCOCCC(=O)NCc1cc(-c2cc(-c3cccc(C(F)(F)F)c3)ccc2Oc2cc(F)c(S(=O)Nc3cscn3)cc2Cl)ccn1. The third kappa shape index (κ3) is 26.8. The third-order valence-corrected chi connectivity index (χ3v) is 12.7. The predicted octanol–water partition coefficient (Wildman–Crippen LogP) is 8.45. The molecule has 2 aromatic heterocycles. The van der Waals surface area contributed by atoms with Gasteiger partial charge in [0, 0.05) is 36.7 Å². The number of ether oxygens (including phenoxy) is 13. The van der Waals surface area contributed by atoms with Crippen molar-refractivity contribution in [3.05, 3.63) is 106 Å². The molecule has 1 unspecified atom stereocenters. The normalized spacial score (nSPS) is 12.0. The average molecular weight is 1190 g/mol. The molecule has 0 aliphatic heterocycles. The van der Waals surface area contributed by atoms with Crippen LogP contribution in [0.4, 0.5) is 23.4 Å². The molecule has 0 saturated carbocycles. The molecule has 2 heterocycles. The summed E-state index contributed by atoms with van der Waals surface area (Å²) < 4.78 is 143. The molecule has 0 bridgehead atoms. The Hall–Kier alpha value is -4.81. The topological polar surface area (TPSA) is 204 Å². The highest BCUT2D eigenvalue weighted by Gasteiger charge is 2.30. The Morgan fingerprint density at radius 3 is 1.61 bits per heavy atom. The molecule has 0 aliphatic rings. The number of pyridine rings is 1. The number of carbonyl (C=O) groups is 1. The lowest BCUT2D eigenvalue weighted by molar-refractivity contribution is -0.137. The summed E-state index contributed by atoms with van der Waals surface area (Å²) >= 11 is 7.81. The van der Waals surface area contributed by atoms with Crippen molar-refractivity contribution in [1.29, 1.82) is 0 Å². The Kier molecular flexibility index (Phi) is 32.7. The van der Waals surface area contributed by atoms with Crippen molar-refractivity contribution in [2.45, 2.75) is 24.0 Å². The Morgan fingerprint density at radius 1 is 0.600 bits per heavy atom. The fourth-order valence-electron chi connectivity index (χ4n) is 6.79. The number of methoxy groups -OCH3 is 1. The molecule has 2 N–H and O–H groups in total. The minimum atomic E-state index is -4.57. The number of amides is 1. The number of aromatic nitrogens is 2. The number of hydrogen-bond donors (Lipinski definition) is 2. The first-order valence-corrected chi connectivity index (χ1v) is 28.1. The van der Waals surface area contributed by atoms with E-state index < -0.39 is 28.5 Å². The van der Waals surface area contributed by atoms with E-state index in [1.807, 2.05) is 0 Å². The monoisotopic (exact) mass is 1190 g/mol. The Bertz CT molecular complexity index is 2530. The minimum Gasteiger partial charge on any atom is -0.455 e. The van der Waals surface area contributed by atoms with E-state index in [-0.39, 0.29) is 59.1 Å². The second kappa shape index (κ2) is 39.6. The molecule has 1 atom stereocenters. The molecule has 5 rings (SSSR count). The van der Waals surface area contributed by atoms with Gasteiger partial charge in [-0.15, -0.1) is 11.3 Å². The predicted molar refractivity (Wildman–Crippen MR) is 291 cm³/mol. The summed E-state index contributed by atoms with van der Waals surface area (Å²) in [4.78, 5) is 20.9. The molecule has 0 aliphatic carbocycles. The fourth-order valence-corrected chi connectivity index (χ4v) is 8.49. The smallest absolute Gasteiger partial charge is 0.416 e. The van der Waals surface area contributed by atoms with Crippen molar-refractivity contribution in [3.8, 4) is 33.8 Å². The van der Waals surface area contributed by atoms with E-state index in [4.69, 9.17) is 73.2 Å². The van der Waals surface area contributed by atoms with Crippen molar-refractivity contribution >= 4 is 45.6 Å². The maximum absolute atomic E-state index is 15.4. The van der Waals surface area contributed by atoms with E-state index in [0.29, 0.717) is 167 Å². The largest absolute Gasteiger partial charge is 0.455 e. The highest BCUT2D eigenvalue weighted by molar-refractivity contribution is 7.86. The minimum absolute atomic E-state index is 0.0402. The molecular weight excluding hydrogens is 1120 g/mol. The number of rotatable bonds is 45. The number of anilines is 1. The van der Waals surface area contributed by atoms with Gasteiger partial charge in [0.2, 0.25) is 5.91 Å². The zero-order valence-electron chi connectivity index (χ0n) is 44.5. The van der Waals surface area contributed by atoms with Gasteiger partial charge in [-0.2, -0.15) is 13.2 Å². The van der Waals surface area contributed by atoms with Gasteiger partial charge in [-0.3, -0.25) is 14.5 Å². The zero-order valence-corrected chi connectivity index (χ0v) is 46.9. The van der Waals surface area contributed by atoms with Gasteiger partial charge in [0.25, 0.3) is 0 Å². The van der Waals surface area contributed by atoms with E-state index >= 15 is 4.39 Å². The van der Waals surface area contributed by atoms with Crippen LogP contribution < -0.4 is 14.8 Å². The molecule has 1 amide bonds. The Balaban J connectivity index is 0.887. The van der Waals surface area contributed by atoms with Gasteiger partial charge in [0.05, 0.1) is 185 Å². The first kappa shape index (κ1) is 66.0. The van der Waals surface area contributed by atoms with Crippen molar-refractivity contribution in [2.24, 2.45) is 0 Å². The molecule has 5 aromatic rings. The van der Waals surface area contributed by atoms with E-state index in [1.54, 1.807) is 42.8 Å². The van der Waals surface area contributed by atoms with E-state index in [2.05, 4.69) is 20.0 Å². The number of thiazole rings is 1. The maximum Gasteiger partial charge on any atom is 0.416 e. The van der Waals surface area contributed by atoms with Gasteiger partial charge in [0.1, 0.15) is 23.1 Å². The third-order valence-electron chi connectivity index (χ3n) is 10.8. The molecule has 0 spiro atoms. The molecule has 0 fully saturated rings. The average Bonchev–Trinajstić information content (AvgIpc) is 3.97. The van der Waals surface area contributed by atoms with Crippen LogP contribution in [0.15, 0.2) is 88.7 Å². The number of benzene rings is 3. The van der Waals surface area contributed by atoms with E-state index in [1.165, 1.54) is 41.2 Å². The summed E-state index contributed by atoms with van der Waals surface area (Å²) in [6.45, 7) is 10.1. The number of carbonyl (C=O) groups excluding carboxylic acids is 1. The van der Waals surface area contributed by atoms with Crippen molar-refractivity contribution in [2.75, 3.05) is 164 Å². The quantitative estimate of drug-likeness (QED) is 0.0277. The Morgan fingerprint density at radius 2 is 1.11 bits per heavy atom. The zero-order chi connectivity index (χ0) is 56.9. The maximum atomic E-state index is 15.4. The lowest BCUT2D eigenvalue weighted by atomic mass is 9.97. The Labute approximate surface area is 474 Å². The number of nitrogens with zero attached hydrogens (tertiary/aromatic N) is 2. The van der Waals surface area contributed by atoms with Crippen LogP contribution in [0.2, 0.25) is 5.02 Å². The summed E-state index contributed by atoms with van der Waals surface area (Å²) in [6.07, 6.45) is -3.00. The molecule has 0 radical (unpaired) electrons.